The third-order valence-corrected chi connectivity index (χ3v) is 4.88. The number of fused-ring (bicyclic) bond motifs is 2. The van der Waals surface area contributed by atoms with Crippen molar-refractivity contribution in [2.45, 2.75) is 44.2 Å². The lowest BCUT2D eigenvalue weighted by atomic mass is 9.78. The van der Waals surface area contributed by atoms with Crippen LogP contribution < -0.4 is 10.9 Å². The summed E-state index contributed by atoms with van der Waals surface area (Å²) in [7, 11) is 0. The van der Waals surface area contributed by atoms with E-state index in [1.54, 1.807) is 22.8 Å². The van der Waals surface area contributed by atoms with Gasteiger partial charge in [0.1, 0.15) is 11.4 Å². The fourth-order valence-corrected chi connectivity index (χ4v) is 3.89. The number of nitrogens with zero attached hydrogens (tertiary/aromatic N) is 1. The van der Waals surface area contributed by atoms with Crippen molar-refractivity contribution in [1.29, 1.82) is 0 Å². The van der Waals surface area contributed by atoms with E-state index in [0.29, 0.717) is 11.1 Å². The van der Waals surface area contributed by atoms with Crippen molar-refractivity contribution < 1.29 is 4.79 Å². The predicted molar refractivity (Wildman–Crippen MR) is 66.3 cm³/mol. The Balaban J connectivity index is 1.89. The fourth-order valence-electron chi connectivity index (χ4n) is 3.89. The topological polar surface area (TPSA) is 51.1 Å². The zero-order valence-electron chi connectivity index (χ0n) is 10.2. The normalized spacial score (nSPS) is 31.4. The van der Waals surface area contributed by atoms with E-state index >= 15 is 0 Å². The third-order valence-electron chi connectivity index (χ3n) is 4.88. The van der Waals surface area contributed by atoms with Gasteiger partial charge in [0.25, 0.3) is 11.5 Å². The molecule has 18 heavy (non-hydrogen) atoms. The van der Waals surface area contributed by atoms with E-state index in [9.17, 15) is 9.59 Å². The first kappa shape index (κ1) is 10.4. The van der Waals surface area contributed by atoms with E-state index in [1.165, 1.54) is 19.3 Å². The zero-order valence-corrected chi connectivity index (χ0v) is 10.2. The van der Waals surface area contributed by atoms with Gasteiger partial charge in [0.05, 0.1) is 0 Å². The third kappa shape index (κ3) is 1.21. The Morgan fingerprint density at radius 1 is 1.11 bits per heavy atom. The molecule has 1 aliphatic heterocycles. The van der Waals surface area contributed by atoms with Crippen LogP contribution >= 0.6 is 0 Å². The van der Waals surface area contributed by atoms with Crippen LogP contribution in [0.3, 0.4) is 0 Å². The van der Waals surface area contributed by atoms with Crippen LogP contribution in [-0.2, 0) is 5.66 Å². The van der Waals surface area contributed by atoms with Crippen molar-refractivity contribution in [3.63, 3.8) is 0 Å². The quantitative estimate of drug-likeness (QED) is 0.753. The molecule has 1 amide bonds. The lowest BCUT2D eigenvalue weighted by molar-refractivity contribution is 0.0790. The maximum absolute atomic E-state index is 12.1. The highest BCUT2D eigenvalue weighted by Gasteiger charge is 2.55. The van der Waals surface area contributed by atoms with Crippen LogP contribution in [0.4, 0.5) is 0 Å². The molecule has 4 nitrogen and oxygen atoms in total. The molecule has 0 radical (unpaired) electrons. The summed E-state index contributed by atoms with van der Waals surface area (Å²) in [4.78, 5) is 24.2. The molecule has 1 aromatic rings. The average molecular weight is 244 g/mol. The Hall–Kier alpha value is -1.58. The molecule has 2 saturated carbocycles. The van der Waals surface area contributed by atoms with Gasteiger partial charge in [0.15, 0.2) is 0 Å². The summed E-state index contributed by atoms with van der Waals surface area (Å²) in [6.07, 6.45) is 6.67. The second-order valence-electron chi connectivity index (χ2n) is 6.10. The number of carbonyl (C=O) groups excluding carboxylic acids is 1. The Morgan fingerprint density at radius 3 is 2.72 bits per heavy atom. The highest BCUT2D eigenvalue weighted by Crippen LogP contribution is 2.60. The van der Waals surface area contributed by atoms with Gasteiger partial charge in [-0.25, -0.2) is 0 Å². The monoisotopic (exact) mass is 244 g/mol. The molecule has 1 N–H and O–H groups in total. The van der Waals surface area contributed by atoms with Gasteiger partial charge in [-0.1, -0.05) is 6.07 Å². The Kier molecular flexibility index (Phi) is 1.75. The summed E-state index contributed by atoms with van der Waals surface area (Å²) in [5, 5.41) is 3.10. The molecule has 0 saturated heterocycles. The molecule has 2 spiro atoms. The van der Waals surface area contributed by atoms with E-state index in [4.69, 9.17) is 0 Å². The first-order valence-electron chi connectivity index (χ1n) is 6.69. The lowest BCUT2D eigenvalue weighted by Crippen LogP contribution is -2.50. The largest absolute Gasteiger partial charge is 0.327 e. The van der Waals surface area contributed by atoms with Crippen LogP contribution in [-0.4, -0.2) is 10.5 Å². The molecule has 1 atom stereocenters. The Morgan fingerprint density at radius 2 is 1.94 bits per heavy atom. The molecule has 0 aromatic carbocycles. The molecule has 2 fully saturated rings. The second-order valence-corrected chi connectivity index (χ2v) is 6.10. The number of hydrogen-bond donors (Lipinski definition) is 1. The highest BCUT2D eigenvalue weighted by atomic mass is 16.2. The van der Waals surface area contributed by atoms with Crippen LogP contribution in [0, 0.1) is 5.41 Å². The minimum atomic E-state index is -0.431. The van der Waals surface area contributed by atoms with Crippen LogP contribution in [0.1, 0.15) is 49.0 Å². The Bertz CT molecular complexity index is 600. The molecule has 1 unspecified atom stereocenters. The summed E-state index contributed by atoms with van der Waals surface area (Å²) in [6, 6.07) is 4.97. The van der Waals surface area contributed by atoms with Crippen molar-refractivity contribution >= 4 is 5.91 Å². The highest BCUT2D eigenvalue weighted by molar-refractivity contribution is 5.95. The summed E-state index contributed by atoms with van der Waals surface area (Å²) in [5.74, 6) is -0.0922. The van der Waals surface area contributed by atoms with E-state index in [2.05, 4.69) is 5.32 Å². The smallest absolute Gasteiger partial charge is 0.269 e. The molecule has 4 rings (SSSR count). The summed E-state index contributed by atoms with van der Waals surface area (Å²) in [6.45, 7) is 0. The first-order chi connectivity index (χ1) is 8.64. The van der Waals surface area contributed by atoms with Crippen LogP contribution in [0.25, 0.3) is 0 Å². The van der Waals surface area contributed by atoms with Crippen molar-refractivity contribution in [2.75, 3.05) is 0 Å². The van der Waals surface area contributed by atoms with Gasteiger partial charge in [-0.3, -0.25) is 14.2 Å². The molecule has 2 heterocycles. The van der Waals surface area contributed by atoms with E-state index in [0.717, 1.165) is 19.3 Å². The second kappa shape index (κ2) is 3.05. The van der Waals surface area contributed by atoms with Gasteiger partial charge in [0.2, 0.25) is 0 Å². The van der Waals surface area contributed by atoms with Crippen molar-refractivity contribution in [2.24, 2.45) is 5.41 Å². The summed E-state index contributed by atoms with van der Waals surface area (Å²) < 4.78 is 1.72. The number of amides is 1. The molecule has 4 heteroatoms. The molecule has 2 aliphatic carbocycles. The van der Waals surface area contributed by atoms with E-state index in [1.807, 2.05) is 0 Å². The van der Waals surface area contributed by atoms with Crippen LogP contribution in [0.5, 0.6) is 0 Å². The predicted octanol–water partition coefficient (Wildman–Crippen LogP) is 1.60. The maximum Gasteiger partial charge on any atom is 0.269 e. The zero-order chi connectivity index (χ0) is 12.4. The van der Waals surface area contributed by atoms with Gasteiger partial charge < -0.3 is 5.32 Å². The fraction of sp³-hybridized carbons (Fsp3) is 0.571. The molecule has 94 valence electrons. The maximum atomic E-state index is 12.1. The standard InChI is InChI=1S/C14H16N2O2/c17-11-4-1-3-10-12(18)15-14(16(10)11)6-2-5-13(9-14)7-8-13/h1,3-4H,2,5-9H2,(H,15,18). The molecular formula is C14H16N2O2. The van der Waals surface area contributed by atoms with Gasteiger partial charge in [-0.15, -0.1) is 0 Å². The molecule has 3 aliphatic rings. The SMILES string of the molecule is O=C1NC2(CCCC3(CC3)C2)n2c1cccc2=O. The van der Waals surface area contributed by atoms with Crippen molar-refractivity contribution in [3.8, 4) is 0 Å². The Labute approximate surface area is 105 Å². The number of hydrogen-bond acceptors (Lipinski definition) is 2. The molecule has 0 bridgehead atoms. The molecular weight excluding hydrogens is 228 g/mol. The number of nitrogens with one attached hydrogen (secondary N) is 1. The first-order valence-corrected chi connectivity index (χ1v) is 6.69. The van der Waals surface area contributed by atoms with Crippen molar-refractivity contribution in [1.82, 2.24) is 9.88 Å². The lowest BCUT2D eigenvalue weighted by Gasteiger charge is -2.39. The average Bonchev–Trinajstić information content (AvgIpc) is 3.01. The minimum Gasteiger partial charge on any atom is -0.327 e. The summed E-state index contributed by atoms with van der Waals surface area (Å²) >= 11 is 0. The van der Waals surface area contributed by atoms with Gasteiger partial charge in [-0.05, 0) is 50.0 Å². The number of rotatable bonds is 0. The van der Waals surface area contributed by atoms with E-state index in [-0.39, 0.29) is 11.5 Å². The van der Waals surface area contributed by atoms with E-state index < -0.39 is 5.66 Å². The summed E-state index contributed by atoms with van der Waals surface area (Å²) in [5.41, 5.74) is 0.450. The van der Waals surface area contributed by atoms with Crippen LogP contribution in [0.15, 0.2) is 23.0 Å². The van der Waals surface area contributed by atoms with Gasteiger partial charge >= 0.3 is 0 Å². The minimum absolute atomic E-state index is 0.0523. The number of pyridine rings is 1. The molecule has 1 aromatic heterocycles. The van der Waals surface area contributed by atoms with Crippen LogP contribution in [0.2, 0.25) is 0 Å². The van der Waals surface area contributed by atoms with Crippen molar-refractivity contribution in [3.05, 3.63) is 34.2 Å². The number of aromatic nitrogens is 1. The van der Waals surface area contributed by atoms with Gasteiger partial charge in [-0.2, -0.15) is 0 Å². The number of carbonyl (C=O) groups is 1. The van der Waals surface area contributed by atoms with Gasteiger partial charge in [0, 0.05) is 6.07 Å².